The maximum Gasteiger partial charge on any atom is 0.326 e. The number of esters is 1. The molecular weight excluding hydrogens is 290 g/mol. The lowest BCUT2D eigenvalue weighted by Crippen LogP contribution is -2.37. The second-order valence-electron chi connectivity index (χ2n) is 3.90. The van der Waals surface area contributed by atoms with Crippen LogP contribution >= 0.6 is 0 Å². The Morgan fingerprint density at radius 3 is 2.65 bits per heavy atom. The van der Waals surface area contributed by atoms with Crippen LogP contribution in [0.3, 0.4) is 0 Å². The van der Waals surface area contributed by atoms with E-state index in [9.17, 15) is 18.0 Å². The molecular formula is C10H15N3O6S. The molecule has 0 aliphatic carbocycles. The van der Waals surface area contributed by atoms with Gasteiger partial charge < -0.3 is 9.84 Å². The van der Waals surface area contributed by atoms with E-state index in [0.29, 0.717) is 0 Å². The highest BCUT2D eigenvalue weighted by Gasteiger charge is 2.28. The normalized spacial score (nSPS) is 12.9. The van der Waals surface area contributed by atoms with Crippen LogP contribution in [0.25, 0.3) is 0 Å². The number of sulfonamides is 1. The summed E-state index contributed by atoms with van der Waals surface area (Å²) < 4.78 is 31.2. The van der Waals surface area contributed by atoms with Gasteiger partial charge in [0.1, 0.15) is 6.04 Å². The summed E-state index contributed by atoms with van der Waals surface area (Å²) >= 11 is 0. The fourth-order valence-corrected chi connectivity index (χ4v) is 2.50. The fourth-order valence-electron chi connectivity index (χ4n) is 1.43. The molecule has 1 aromatic rings. The van der Waals surface area contributed by atoms with Gasteiger partial charge in [0.25, 0.3) is 0 Å². The van der Waals surface area contributed by atoms with Crippen molar-refractivity contribution in [3.63, 3.8) is 0 Å². The molecule has 0 spiro atoms. The van der Waals surface area contributed by atoms with Crippen molar-refractivity contribution in [3.8, 4) is 0 Å². The molecule has 0 aromatic carbocycles. The molecule has 0 aliphatic rings. The number of aliphatic carboxylic acids is 1. The van der Waals surface area contributed by atoms with Crippen molar-refractivity contribution in [1.29, 1.82) is 0 Å². The first-order chi connectivity index (χ1) is 9.25. The van der Waals surface area contributed by atoms with Crippen molar-refractivity contribution in [2.75, 3.05) is 12.4 Å². The summed E-state index contributed by atoms with van der Waals surface area (Å²) in [5, 5.41) is 12.8. The number of aryl methyl sites for hydroxylation is 1. The second kappa shape index (κ2) is 6.48. The summed E-state index contributed by atoms with van der Waals surface area (Å²) in [5.41, 5.74) is 0.160. The standard InChI is InChI=1S/C10H15N3O6S/c1-3-19-8(14)6-20(17,18)12-9(10(15)16)7-4-11-13(2)5-7/h4-5,9,12H,3,6H2,1-2H3,(H,15,16). The molecule has 0 radical (unpaired) electrons. The van der Waals surface area contributed by atoms with E-state index in [1.807, 2.05) is 4.72 Å². The van der Waals surface area contributed by atoms with Crippen molar-refractivity contribution in [2.45, 2.75) is 13.0 Å². The smallest absolute Gasteiger partial charge is 0.326 e. The molecule has 9 nitrogen and oxygen atoms in total. The van der Waals surface area contributed by atoms with Crippen LogP contribution in [0.1, 0.15) is 18.5 Å². The first-order valence-corrected chi connectivity index (χ1v) is 7.27. The highest BCUT2D eigenvalue weighted by Crippen LogP contribution is 2.13. The summed E-state index contributed by atoms with van der Waals surface area (Å²) in [7, 11) is -2.56. The van der Waals surface area contributed by atoms with Gasteiger partial charge in [0.2, 0.25) is 10.0 Å². The zero-order valence-corrected chi connectivity index (χ0v) is 11.8. The van der Waals surface area contributed by atoms with E-state index in [1.165, 1.54) is 24.0 Å². The molecule has 112 valence electrons. The quantitative estimate of drug-likeness (QED) is 0.620. The van der Waals surface area contributed by atoms with E-state index in [4.69, 9.17) is 5.11 Å². The van der Waals surface area contributed by atoms with Gasteiger partial charge in [0.05, 0.1) is 12.8 Å². The number of nitrogens with one attached hydrogen (secondary N) is 1. The summed E-state index contributed by atoms with van der Waals surface area (Å²) in [4.78, 5) is 22.3. The highest BCUT2D eigenvalue weighted by atomic mass is 32.2. The highest BCUT2D eigenvalue weighted by molar-refractivity contribution is 7.90. The Bertz CT molecular complexity index is 594. The minimum absolute atomic E-state index is 0.0410. The molecule has 1 rings (SSSR count). The van der Waals surface area contributed by atoms with Crippen molar-refractivity contribution < 1.29 is 27.9 Å². The maximum atomic E-state index is 11.7. The molecule has 0 fully saturated rings. The van der Waals surface area contributed by atoms with Crippen LogP contribution in [0, 0.1) is 0 Å². The summed E-state index contributed by atoms with van der Waals surface area (Å²) in [6, 6.07) is -1.51. The van der Waals surface area contributed by atoms with Crippen molar-refractivity contribution in [3.05, 3.63) is 18.0 Å². The molecule has 1 atom stereocenters. The monoisotopic (exact) mass is 305 g/mol. The van der Waals surface area contributed by atoms with Crippen LogP contribution in [0.5, 0.6) is 0 Å². The summed E-state index contributed by atoms with van der Waals surface area (Å²) in [6.45, 7) is 1.58. The lowest BCUT2D eigenvalue weighted by Gasteiger charge is -2.12. The Morgan fingerprint density at radius 1 is 1.55 bits per heavy atom. The van der Waals surface area contributed by atoms with Crippen LogP contribution < -0.4 is 4.72 Å². The minimum Gasteiger partial charge on any atom is -0.480 e. The molecule has 0 saturated heterocycles. The summed E-state index contributed by atoms with van der Waals surface area (Å²) in [5.74, 6) is -3.29. The van der Waals surface area contributed by atoms with Crippen LogP contribution in [0.4, 0.5) is 0 Å². The van der Waals surface area contributed by atoms with E-state index >= 15 is 0 Å². The molecule has 0 aliphatic heterocycles. The number of hydrogen-bond acceptors (Lipinski definition) is 6. The van der Waals surface area contributed by atoms with Gasteiger partial charge in [-0.3, -0.25) is 14.3 Å². The van der Waals surface area contributed by atoms with Crippen molar-refractivity contribution >= 4 is 22.0 Å². The molecule has 10 heteroatoms. The molecule has 1 unspecified atom stereocenters. The number of carboxylic acids is 1. The van der Waals surface area contributed by atoms with Crippen LogP contribution in [-0.2, 0) is 31.4 Å². The number of nitrogens with zero attached hydrogens (tertiary/aromatic N) is 2. The molecule has 0 bridgehead atoms. The van der Waals surface area contributed by atoms with Gasteiger partial charge >= 0.3 is 11.9 Å². The number of carboxylic acid groups (broad SMARTS) is 1. The van der Waals surface area contributed by atoms with E-state index in [1.54, 1.807) is 7.05 Å². The number of carbonyl (C=O) groups is 2. The number of carbonyl (C=O) groups excluding carboxylic acids is 1. The average Bonchev–Trinajstić information content (AvgIpc) is 2.71. The number of ether oxygens (including phenoxy) is 1. The average molecular weight is 305 g/mol. The third-order valence-corrected chi connectivity index (χ3v) is 3.43. The maximum absolute atomic E-state index is 11.7. The van der Waals surface area contributed by atoms with Crippen LogP contribution in [0.15, 0.2) is 12.4 Å². The van der Waals surface area contributed by atoms with Crippen LogP contribution in [0.2, 0.25) is 0 Å². The van der Waals surface area contributed by atoms with Crippen LogP contribution in [-0.4, -0.2) is 47.6 Å². The van der Waals surface area contributed by atoms with E-state index in [2.05, 4.69) is 9.84 Å². The molecule has 1 heterocycles. The Kier molecular flexibility index (Phi) is 5.22. The second-order valence-corrected chi connectivity index (χ2v) is 5.65. The third-order valence-electron chi connectivity index (χ3n) is 2.22. The minimum atomic E-state index is -4.13. The van der Waals surface area contributed by atoms with Gasteiger partial charge in [-0.2, -0.15) is 9.82 Å². The van der Waals surface area contributed by atoms with E-state index < -0.39 is 33.8 Å². The topological polar surface area (TPSA) is 128 Å². The van der Waals surface area contributed by atoms with Gasteiger partial charge in [0.15, 0.2) is 5.75 Å². The third kappa shape index (κ3) is 4.63. The Balaban J connectivity index is 2.86. The molecule has 1 aromatic heterocycles. The predicted octanol–water partition coefficient (Wildman–Crippen LogP) is -0.972. The van der Waals surface area contributed by atoms with Gasteiger partial charge in [-0.05, 0) is 6.92 Å². The van der Waals surface area contributed by atoms with Gasteiger partial charge in [0, 0.05) is 18.8 Å². The van der Waals surface area contributed by atoms with E-state index in [-0.39, 0.29) is 12.2 Å². The largest absolute Gasteiger partial charge is 0.480 e. The number of aromatic nitrogens is 2. The molecule has 0 amide bonds. The molecule has 0 saturated carbocycles. The van der Waals surface area contributed by atoms with Gasteiger partial charge in [-0.1, -0.05) is 0 Å². The predicted molar refractivity (Wildman–Crippen MR) is 67.1 cm³/mol. The van der Waals surface area contributed by atoms with E-state index in [0.717, 1.165) is 0 Å². The number of hydrogen-bond donors (Lipinski definition) is 2. The lowest BCUT2D eigenvalue weighted by molar-refractivity contribution is -0.141. The lowest BCUT2D eigenvalue weighted by atomic mass is 10.2. The fraction of sp³-hybridized carbons (Fsp3) is 0.500. The number of rotatable bonds is 7. The SMILES string of the molecule is CCOC(=O)CS(=O)(=O)NC(C(=O)O)c1cnn(C)c1. The molecule has 2 N–H and O–H groups in total. The zero-order chi connectivity index (χ0) is 15.3. The van der Waals surface area contributed by atoms with Gasteiger partial charge in [-0.15, -0.1) is 0 Å². The summed E-state index contributed by atoms with van der Waals surface area (Å²) in [6.07, 6.45) is 2.59. The Hall–Kier alpha value is -1.94. The zero-order valence-electron chi connectivity index (χ0n) is 10.9. The Morgan fingerprint density at radius 2 is 2.20 bits per heavy atom. The van der Waals surface area contributed by atoms with Crippen molar-refractivity contribution in [1.82, 2.24) is 14.5 Å². The first-order valence-electron chi connectivity index (χ1n) is 5.62. The van der Waals surface area contributed by atoms with Crippen molar-refractivity contribution in [2.24, 2.45) is 7.05 Å². The molecule has 20 heavy (non-hydrogen) atoms. The van der Waals surface area contributed by atoms with Gasteiger partial charge in [-0.25, -0.2) is 8.42 Å². The first kappa shape index (κ1) is 16.1. The Labute approximate surface area is 115 Å².